The van der Waals surface area contributed by atoms with Crippen molar-refractivity contribution in [3.8, 4) is 0 Å². The lowest BCUT2D eigenvalue weighted by Gasteiger charge is -2.24. The molecule has 3 N–H and O–H groups in total. The number of carbonyl (C=O) groups is 1. The first-order chi connectivity index (χ1) is 15.0. The Hall–Kier alpha value is -3.94. The molecule has 5 rings (SSSR count). The highest BCUT2D eigenvalue weighted by Crippen LogP contribution is 2.39. The van der Waals surface area contributed by atoms with Crippen LogP contribution in [0, 0.1) is 5.21 Å². The number of benzene rings is 3. The van der Waals surface area contributed by atoms with E-state index in [-0.39, 0.29) is 34.1 Å². The second-order valence-electron chi connectivity index (χ2n) is 7.44. The molecule has 1 heterocycles. The van der Waals surface area contributed by atoms with Gasteiger partial charge in [0.2, 0.25) is 0 Å². The van der Waals surface area contributed by atoms with E-state index in [0.29, 0.717) is 28.9 Å². The van der Waals surface area contributed by atoms with Crippen molar-refractivity contribution in [2.45, 2.75) is 12.5 Å². The average molecular weight is 412 g/mol. The van der Waals surface area contributed by atoms with Crippen molar-refractivity contribution in [2.75, 3.05) is 10.5 Å². The molecule has 31 heavy (non-hydrogen) atoms. The molecule has 2 aliphatic rings. The number of Topliss-reactive ketones (excluding diaryl/α,β-unsaturated/α-hetero) is 1. The third-order valence-corrected chi connectivity index (χ3v) is 5.56. The number of ketones is 1. The molecule has 0 unspecified atom stereocenters. The van der Waals surface area contributed by atoms with Crippen LogP contribution in [-0.4, -0.2) is 21.8 Å². The Morgan fingerprint density at radius 2 is 1.74 bits per heavy atom. The molecule has 0 spiro atoms. The lowest BCUT2D eigenvalue weighted by Crippen LogP contribution is -2.18. The second kappa shape index (κ2) is 7.39. The Kier molecular flexibility index (Phi) is 4.54. The maximum atomic E-state index is 13.1. The van der Waals surface area contributed by atoms with Crippen LogP contribution in [0.1, 0.15) is 33.9 Å². The molecule has 1 aliphatic carbocycles. The summed E-state index contributed by atoms with van der Waals surface area (Å²) in [6.07, 6.45) is 0.293. The summed E-state index contributed by atoms with van der Waals surface area (Å²) in [5.41, 5.74) is 3.83. The molecule has 0 amide bonds. The number of aliphatic hydroxyl groups excluding tert-OH is 1. The van der Waals surface area contributed by atoms with Gasteiger partial charge in [0.05, 0.1) is 34.4 Å². The molecule has 1 atom stereocenters. The molecule has 1 aliphatic heterocycles. The molecule has 0 radical (unpaired) electrons. The summed E-state index contributed by atoms with van der Waals surface area (Å²) < 4.78 is 0. The standard InChI is InChI=1S/C24H18N3O4/c28-23-16-8-1-2-9-17(16)24(29)22(23)21-13-20(14-6-5-7-15(12-14)27(30)31)25-18-10-3-4-11-19(18)26-21/h1-12,20,25,28,30H,13H2/q-1/t20-/m0/s1. The Labute approximate surface area is 178 Å². The van der Waals surface area contributed by atoms with Crippen LogP contribution in [0.25, 0.3) is 5.76 Å². The normalized spacial score (nSPS) is 17.4. The van der Waals surface area contributed by atoms with Gasteiger partial charge >= 0.3 is 0 Å². The molecule has 7 heteroatoms. The molecule has 0 aromatic heterocycles. The topological polar surface area (TPSA) is 108 Å². The molecular formula is C24H18N3O4-. The van der Waals surface area contributed by atoms with Crippen molar-refractivity contribution >= 4 is 34.3 Å². The second-order valence-corrected chi connectivity index (χ2v) is 7.44. The summed E-state index contributed by atoms with van der Waals surface area (Å²) in [7, 11) is 0. The van der Waals surface area contributed by atoms with Gasteiger partial charge in [0.15, 0.2) is 5.78 Å². The van der Waals surface area contributed by atoms with Crippen LogP contribution in [0.5, 0.6) is 0 Å². The van der Waals surface area contributed by atoms with Gasteiger partial charge in [-0.1, -0.05) is 48.5 Å². The van der Waals surface area contributed by atoms with E-state index >= 15 is 0 Å². The van der Waals surface area contributed by atoms with Gasteiger partial charge in [0.1, 0.15) is 5.76 Å². The monoisotopic (exact) mass is 412 g/mol. The molecule has 0 saturated carbocycles. The van der Waals surface area contributed by atoms with E-state index in [1.807, 2.05) is 30.3 Å². The van der Waals surface area contributed by atoms with Crippen molar-refractivity contribution in [1.82, 2.24) is 0 Å². The number of allylic oxidation sites excluding steroid dienone is 1. The number of hydrogen-bond donors (Lipinski definition) is 3. The van der Waals surface area contributed by atoms with Gasteiger partial charge in [-0.15, -0.1) is 0 Å². The fourth-order valence-electron chi connectivity index (χ4n) is 4.07. The Bertz CT molecular complexity index is 1260. The third-order valence-electron chi connectivity index (χ3n) is 5.56. The zero-order chi connectivity index (χ0) is 21.5. The van der Waals surface area contributed by atoms with Crippen molar-refractivity contribution in [1.29, 1.82) is 0 Å². The fourth-order valence-corrected chi connectivity index (χ4v) is 4.07. The highest BCUT2D eigenvalue weighted by Gasteiger charge is 2.34. The van der Waals surface area contributed by atoms with Crippen LogP contribution in [0.3, 0.4) is 0 Å². The van der Waals surface area contributed by atoms with Gasteiger partial charge in [-0.3, -0.25) is 15.0 Å². The SMILES string of the molecule is O=C1C(C2=Nc3ccccc3N[C@H](c3cccc(N([O-])O)c3)C2)=C(O)c2ccccc21. The predicted molar refractivity (Wildman–Crippen MR) is 119 cm³/mol. The number of para-hydroxylation sites is 2. The van der Waals surface area contributed by atoms with Crippen LogP contribution in [0.4, 0.5) is 17.1 Å². The Morgan fingerprint density at radius 1 is 1.00 bits per heavy atom. The van der Waals surface area contributed by atoms with E-state index in [9.17, 15) is 20.3 Å². The minimum Gasteiger partial charge on any atom is -0.733 e. The van der Waals surface area contributed by atoms with Crippen molar-refractivity contribution < 1.29 is 15.1 Å². The van der Waals surface area contributed by atoms with Gasteiger partial charge in [-0.25, -0.2) is 0 Å². The molecule has 0 bridgehead atoms. The summed E-state index contributed by atoms with van der Waals surface area (Å²) in [5, 5.41) is 34.8. The number of nitrogens with one attached hydrogen (secondary N) is 1. The maximum absolute atomic E-state index is 13.1. The van der Waals surface area contributed by atoms with Crippen LogP contribution in [-0.2, 0) is 0 Å². The van der Waals surface area contributed by atoms with Gasteiger partial charge < -0.3 is 20.9 Å². The molecule has 3 aromatic carbocycles. The van der Waals surface area contributed by atoms with Gasteiger partial charge in [-0.2, -0.15) is 0 Å². The third kappa shape index (κ3) is 3.26. The van der Waals surface area contributed by atoms with Crippen molar-refractivity contribution in [2.24, 2.45) is 4.99 Å². The molecule has 3 aromatic rings. The quantitative estimate of drug-likeness (QED) is 0.512. The highest BCUT2D eigenvalue weighted by molar-refractivity contribution is 6.36. The first-order valence-electron chi connectivity index (χ1n) is 9.80. The summed E-state index contributed by atoms with van der Waals surface area (Å²) in [6.45, 7) is 0. The molecule has 0 saturated heterocycles. The van der Waals surface area contributed by atoms with E-state index in [4.69, 9.17) is 4.99 Å². The van der Waals surface area contributed by atoms with Crippen LogP contribution < -0.4 is 10.5 Å². The smallest absolute Gasteiger partial charge is 0.199 e. The average Bonchev–Trinajstić information content (AvgIpc) is 2.93. The van der Waals surface area contributed by atoms with E-state index in [2.05, 4.69) is 5.32 Å². The number of aliphatic imine (C=N–C) groups is 1. The number of carbonyl (C=O) groups excluding carboxylic acids is 1. The number of anilines is 2. The highest BCUT2D eigenvalue weighted by atomic mass is 16.8. The van der Waals surface area contributed by atoms with E-state index in [1.165, 1.54) is 6.07 Å². The molecule has 7 nitrogen and oxygen atoms in total. The van der Waals surface area contributed by atoms with E-state index in [0.717, 1.165) is 11.3 Å². The van der Waals surface area contributed by atoms with Crippen molar-refractivity contribution in [3.63, 3.8) is 0 Å². The maximum Gasteiger partial charge on any atom is 0.199 e. The molecule has 154 valence electrons. The summed E-state index contributed by atoms with van der Waals surface area (Å²) in [6, 6.07) is 20.6. The first kappa shape index (κ1) is 19.0. The van der Waals surface area contributed by atoms with Crippen LogP contribution in [0.2, 0.25) is 0 Å². The molecular weight excluding hydrogens is 394 g/mol. The van der Waals surface area contributed by atoms with E-state index in [1.54, 1.807) is 36.4 Å². The van der Waals surface area contributed by atoms with Crippen LogP contribution >= 0.6 is 0 Å². The summed E-state index contributed by atoms with van der Waals surface area (Å²) >= 11 is 0. The van der Waals surface area contributed by atoms with Gasteiger partial charge in [-0.05, 0) is 29.8 Å². The number of aliphatic hydroxyl groups is 1. The minimum atomic E-state index is -0.348. The fraction of sp³-hybridized carbons (Fsp3) is 0.0833. The number of hydrogen-bond acceptors (Lipinski definition) is 7. The Balaban J connectivity index is 1.63. The first-order valence-corrected chi connectivity index (χ1v) is 9.80. The molecule has 0 fully saturated rings. The number of fused-ring (bicyclic) bond motifs is 2. The lowest BCUT2D eigenvalue weighted by molar-refractivity contribution is 0.104. The van der Waals surface area contributed by atoms with E-state index < -0.39 is 0 Å². The van der Waals surface area contributed by atoms with Crippen LogP contribution in [0.15, 0.2) is 83.4 Å². The summed E-state index contributed by atoms with van der Waals surface area (Å²) in [5.74, 6) is -0.341. The summed E-state index contributed by atoms with van der Waals surface area (Å²) in [4.78, 5) is 17.8. The predicted octanol–water partition coefficient (Wildman–Crippen LogP) is 5.18. The van der Waals surface area contributed by atoms with Crippen molar-refractivity contribution in [3.05, 3.63) is 100 Å². The zero-order valence-electron chi connectivity index (χ0n) is 16.3. The van der Waals surface area contributed by atoms with Gasteiger partial charge in [0.25, 0.3) is 0 Å². The lowest BCUT2D eigenvalue weighted by atomic mass is 9.95. The number of nitrogens with zero attached hydrogens (tertiary/aromatic N) is 2. The zero-order valence-corrected chi connectivity index (χ0v) is 16.3. The largest absolute Gasteiger partial charge is 0.733 e. The minimum absolute atomic E-state index is 0.0766. The Morgan fingerprint density at radius 3 is 2.52 bits per heavy atom. The number of rotatable bonds is 3. The van der Waals surface area contributed by atoms with Gasteiger partial charge in [0, 0.05) is 17.5 Å².